The molecule has 1 aliphatic rings. The van der Waals surface area contributed by atoms with Crippen LogP contribution in [0, 0.1) is 6.92 Å². The van der Waals surface area contributed by atoms with E-state index in [1.165, 1.54) is 0 Å². The molecule has 2 amide bonds. The van der Waals surface area contributed by atoms with Gasteiger partial charge < -0.3 is 14.6 Å². The summed E-state index contributed by atoms with van der Waals surface area (Å²) in [5, 5.41) is 2.77. The van der Waals surface area contributed by atoms with Gasteiger partial charge in [0.15, 0.2) is 0 Å². The SMILES string of the molecule is CCC1C(=O)NC(C)(C)C(=O)N1Cc1ccc(C)o1. The summed E-state index contributed by atoms with van der Waals surface area (Å²) in [6.07, 6.45) is 0.591. The third-order valence-electron chi connectivity index (χ3n) is 3.42. The van der Waals surface area contributed by atoms with Crippen molar-refractivity contribution in [2.24, 2.45) is 0 Å². The maximum absolute atomic E-state index is 12.4. The Morgan fingerprint density at radius 2 is 2.05 bits per heavy atom. The van der Waals surface area contributed by atoms with Gasteiger partial charge >= 0.3 is 0 Å². The van der Waals surface area contributed by atoms with E-state index in [4.69, 9.17) is 4.42 Å². The summed E-state index contributed by atoms with van der Waals surface area (Å²) in [4.78, 5) is 26.1. The van der Waals surface area contributed by atoms with Crippen LogP contribution >= 0.6 is 0 Å². The van der Waals surface area contributed by atoms with Gasteiger partial charge in [-0.15, -0.1) is 0 Å². The van der Waals surface area contributed by atoms with Gasteiger partial charge in [-0.1, -0.05) is 6.92 Å². The summed E-state index contributed by atoms with van der Waals surface area (Å²) in [6, 6.07) is 3.27. The Kier molecular flexibility index (Phi) is 3.39. The van der Waals surface area contributed by atoms with Crippen LogP contribution in [0.3, 0.4) is 0 Å². The van der Waals surface area contributed by atoms with Crippen molar-refractivity contribution in [2.75, 3.05) is 0 Å². The molecular weight excluding hydrogens is 244 g/mol. The Morgan fingerprint density at radius 1 is 1.37 bits per heavy atom. The molecule has 19 heavy (non-hydrogen) atoms. The lowest BCUT2D eigenvalue weighted by atomic mass is 9.95. The van der Waals surface area contributed by atoms with Crippen LogP contribution in [-0.4, -0.2) is 28.3 Å². The molecule has 0 bridgehead atoms. The monoisotopic (exact) mass is 264 g/mol. The first kappa shape index (κ1) is 13.6. The summed E-state index contributed by atoms with van der Waals surface area (Å²) in [7, 11) is 0. The van der Waals surface area contributed by atoms with Crippen molar-refractivity contribution in [3.05, 3.63) is 23.7 Å². The Morgan fingerprint density at radius 3 is 2.58 bits per heavy atom. The number of piperazine rings is 1. The van der Waals surface area contributed by atoms with Crippen LogP contribution in [0.15, 0.2) is 16.5 Å². The number of nitrogens with one attached hydrogen (secondary N) is 1. The van der Waals surface area contributed by atoms with Gasteiger partial charge in [-0.05, 0) is 39.3 Å². The molecule has 1 N–H and O–H groups in total. The van der Waals surface area contributed by atoms with Crippen LogP contribution in [-0.2, 0) is 16.1 Å². The first-order valence-electron chi connectivity index (χ1n) is 6.53. The Labute approximate surface area is 113 Å². The van der Waals surface area contributed by atoms with Crippen molar-refractivity contribution in [1.82, 2.24) is 10.2 Å². The highest BCUT2D eigenvalue weighted by atomic mass is 16.3. The minimum absolute atomic E-state index is 0.0759. The van der Waals surface area contributed by atoms with Gasteiger partial charge in [0.05, 0.1) is 6.54 Å². The van der Waals surface area contributed by atoms with E-state index in [9.17, 15) is 9.59 Å². The van der Waals surface area contributed by atoms with Crippen LogP contribution in [0.4, 0.5) is 0 Å². The van der Waals surface area contributed by atoms with E-state index in [1.54, 1.807) is 18.7 Å². The third-order valence-corrected chi connectivity index (χ3v) is 3.42. The molecule has 1 aromatic heterocycles. The molecule has 0 aliphatic carbocycles. The number of furan rings is 1. The lowest BCUT2D eigenvalue weighted by molar-refractivity contribution is -0.154. The van der Waals surface area contributed by atoms with Crippen LogP contribution in [0.25, 0.3) is 0 Å². The van der Waals surface area contributed by atoms with E-state index >= 15 is 0 Å². The van der Waals surface area contributed by atoms with E-state index in [1.807, 2.05) is 26.0 Å². The zero-order valence-electron chi connectivity index (χ0n) is 11.8. The van der Waals surface area contributed by atoms with Crippen LogP contribution in [0.5, 0.6) is 0 Å². The molecule has 1 aromatic rings. The average molecular weight is 264 g/mol. The second-order valence-corrected chi connectivity index (χ2v) is 5.48. The van der Waals surface area contributed by atoms with Gasteiger partial charge in [0.2, 0.25) is 11.8 Å². The van der Waals surface area contributed by atoms with Gasteiger partial charge in [-0.25, -0.2) is 0 Å². The number of rotatable bonds is 3. The van der Waals surface area contributed by atoms with E-state index in [0.29, 0.717) is 18.7 Å². The second kappa shape index (κ2) is 4.72. The molecule has 1 aliphatic heterocycles. The van der Waals surface area contributed by atoms with Gasteiger partial charge in [0.1, 0.15) is 23.1 Å². The molecule has 0 radical (unpaired) electrons. The van der Waals surface area contributed by atoms with E-state index in [2.05, 4.69) is 5.32 Å². The average Bonchev–Trinajstić information content (AvgIpc) is 2.71. The maximum atomic E-state index is 12.4. The summed E-state index contributed by atoms with van der Waals surface area (Å²) < 4.78 is 5.51. The number of nitrogens with zero attached hydrogens (tertiary/aromatic N) is 1. The molecule has 5 heteroatoms. The lowest BCUT2D eigenvalue weighted by Gasteiger charge is -2.42. The molecule has 1 unspecified atom stereocenters. The zero-order chi connectivity index (χ0) is 14.2. The molecule has 0 aromatic carbocycles. The fraction of sp³-hybridized carbons (Fsp3) is 0.571. The van der Waals surface area contributed by atoms with Gasteiger partial charge in [0.25, 0.3) is 0 Å². The normalized spacial score (nSPS) is 22.5. The number of amides is 2. The van der Waals surface area contributed by atoms with Crippen molar-refractivity contribution in [1.29, 1.82) is 0 Å². The smallest absolute Gasteiger partial charge is 0.248 e. The topological polar surface area (TPSA) is 62.6 Å². The van der Waals surface area contributed by atoms with Gasteiger partial charge in [-0.3, -0.25) is 9.59 Å². The lowest BCUT2D eigenvalue weighted by Crippen LogP contribution is -2.67. The van der Waals surface area contributed by atoms with Crippen molar-refractivity contribution < 1.29 is 14.0 Å². The number of hydrogen-bond donors (Lipinski definition) is 1. The predicted octanol–water partition coefficient (Wildman–Crippen LogP) is 1.60. The van der Waals surface area contributed by atoms with Gasteiger partial charge in [-0.2, -0.15) is 0 Å². The molecular formula is C14H20N2O3. The number of hydrogen-bond acceptors (Lipinski definition) is 3. The van der Waals surface area contributed by atoms with Crippen LogP contribution < -0.4 is 5.32 Å². The van der Waals surface area contributed by atoms with E-state index in [-0.39, 0.29) is 11.8 Å². The first-order chi connectivity index (χ1) is 8.85. The first-order valence-corrected chi connectivity index (χ1v) is 6.53. The van der Waals surface area contributed by atoms with E-state index in [0.717, 1.165) is 5.76 Å². The zero-order valence-corrected chi connectivity index (χ0v) is 11.8. The van der Waals surface area contributed by atoms with Crippen molar-refractivity contribution in [2.45, 2.75) is 52.2 Å². The molecule has 0 saturated carbocycles. The Balaban J connectivity index is 2.27. The van der Waals surface area contributed by atoms with Crippen molar-refractivity contribution >= 4 is 11.8 Å². The standard InChI is InChI=1S/C14H20N2O3/c1-5-11-12(17)15-14(3,4)13(18)16(11)8-10-7-6-9(2)19-10/h6-7,11H,5,8H2,1-4H3,(H,15,17). The van der Waals surface area contributed by atoms with Crippen LogP contribution in [0.1, 0.15) is 38.7 Å². The molecule has 104 valence electrons. The predicted molar refractivity (Wildman–Crippen MR) is 70.3 cm³/mol. The largest absolute Gasteiger partial charge is 0.464 e. The highest BCUT2D eigenvalue weighted by molar-refractivity contribution is 5.99. The molecule has 1 fully saturated rings. The summed E-state index contributed by atoms with van der Waals surface area (Å²) in [5.74, 6) is 1.33. The fourth-order valence-corrected chi connectivity index (χ4v) is 2.41. The van der Waals surface area contributed by atoms with Crippen LogP contribution in [0.2, 0.25) is 0 Å². The number of carbonyl (C=O) groups excluding carboxylic acids is 2. The highest BCUT2D eigenvalue weighted by Crippen LogP contribution is 2.22. The third kappa shape index (κ3) is 2.50. The summed E-state index contributed by atoms with van der Waals surface area (Å²) in [5.41, 5.74) is -0.857. The molecule has 0 spiro atoms. The van der Waals surface area contributed by atoms with Gasteiger partial charge in [0, 0.05) is 0 Å². The molecule has 2 heterocycles. The van der Waals surface area contributed by atoms with Crippen molar-refractivity contribution in [3.63, 3.8) is 0 Å². The maximum Gasteiger partial charge on any atom is 0.248 e. The Hall–Kier alpha value is -1.78. The molecule has 1 atom stereocenters. The summed E-state index contributed by atoms with van der Waals surface area (Å²) in [6.45, 7) is 7.53. The fourth-order valence-electron chi connectivity index (χ4n) is 2.41. The minimum atomic E-state index is -0.857. The number of carbonyl (C=O) groups is 2. The summed E-state index contributed by atoms with van der Waals surface area (Å²) >= 11 is 0. The second-order valence-electron chi connectivity index (χ2n) is 5.48. The minimum Gasteiger partial charge on any atom is -0.464 e. The van der Waals surface area contributed by atoms with Crippen molar-refractivity contribution in [3.8, 4) is 0 Å². The van der Waals surface area contributed by atoms with E-state index < -0.39 is 11.6 Å². The Bertz CT molecular complexity index is 505. The number of aryl methyl sites for hydroxylation is 1. The molecule has 2 rings (SSSR count). The molecule has 5 nitrogen and oxygen atoms in total. The quantitative estimate of drug-likeness (QED) is 0.902. The molecule has 1 saturated heterocycles. The highest BCUT2D eigenvalue weighted by Gasteiger charge is 2.44.